The zero-order valence-corrected chi connectivity index (χ0v) is 33.0. The highest BCUT2D eigenvalue weighted by molar-refractivity contribution is 7.92. The van der Waals surface area contributed by atoms with E-state index in [1.807, 2.05) is 24.3 Å². The minimum atomic E-state index is -4.04. The van der Waals surface area contributed by atoms with Crippen LogP contribution in [-0.2, 0) is 20.7 Å². The van der Waals surface area contributed by atoms with Gasteiger partial charge in [-0.15, -0.1) is 0 Å². The molecule has 4 aliphatic rings. The molecule has 60 heavy (non-hydrogen) atoms. The monoisotopic (exact) mass is 783 g/mol. The number of nitrogens with zero attached hydrogens (tertiary/aromatic N) is 1. The lowest BCUT2D eigenvalue weighted by molar-refractivity contribution is 0.581. The number of aromatic nitrogens is 1. The van der Waals surface area contributed by atoms with Gasteiger partial charge in [0, 0.05) is 16.5 Å². The number of rotatable bonds is 1. The molecule has 3 aliphatic carbocycles. The molecule has 0 unspecified atom stereocenters. The summed E-state index contributed by atoms with van der Waals surface area (Å²) < 4.78 is 33.6. The van der Waals surface area contributed by atoms with Crippen molar-refractivity contribution < 1.29 is 8.42 Å². The summed E-state index contributed by atoms with van der Waals surface area (Å²) >= 11 is 0. The van der Waals surface area contributed by atoms with Crippen molar-refractivity contribution in [1.82, 2.24) is 4.57 Å². The summed E-state index contributed by atoms with van der Waals surface area (Å²) in [6, 6.07) is 70.9. The predicted molar refractivity (Wildman–Crippen MR) is 240 cm³/mol. The summed E-state index contributed by atoms with van der Waals surface area (Å²) in [4.78, 5) is 0.731. The maximum atomic E-state index is 15.7. The molecule has 1 aromatic heterocycles. The van der Waals surface area contributed by atoms with Crippen LogP contribution in [0.5, 0.6) is 0 Å². The van der Waals surface area contributed by atoms with Crippen LogP contribution in [0.1, 0.15) is 44.5 Å². The Bertz CT molecular complexity index is 3610. The number of fused-ring (bicyclic) bond motifs is 23. The van der Waals surface area contributed by atoms with Crippen LogP contribution in [0.2, 0.25) is 0 Å². The SMILES string of the molecule is O=S1(=O)c2ccccc2C2(c3ccccc3-c3ccccc32)c2ccc3c4ccccc4n(-c4ccc5c(c4)-c4ccccc4C54c5ccccc5-c5ccccc54)c3c21. The van der Waals surface area contributed by atoms with Crippen molar-refractivity contribution in [2.24, 2.45) is 0 Å². The molecule has 280 valence electrons. The number of para-hydroxylation sites is 1. The van der Waals surface area contributed by atoms with E-state index in [1.165, 1.54) is 38.9 Å². The molecule has 0 amide bonds. The molecule has 4 heteroatoms. The summed E-state index contributed by atoms with van der Waals surface area (Å²) in [5.41, 5.74) is 17.4. The van der Waals surface area contributed by atoms with Crippen LogP contribution in [0, 0.1) is 0 Å². The summed E-state index contributed by atoms with van der Waals surface area (Å²) in [6.45, 7) is 0. The molecular formula is C56H33NO2S. The van der Waals surface area contributed by atoms with Gasteiger partial charge in [0.05, 0.1) is 26.8 Å². The lowest BCUT2D eigenvalue weighted by atomic mass is 9.67. The van der Waals surface area contributed by atoms with Gasteiger partial charge in [-0.2, -0.15) is 0 Å². The van der Waals surface area contributed by atoms with Crippen LogP contribution in [0.15, 0.2) is 210 Å². The van der Waals surface area contributed by atoms with Crippen molar-refractivity contribution in [3.8, 4) is 39.1 Å². The first-order valence-electron chi connectivity index (χ1n) is 20.6. The topological polar surface area (TPSA) is 39.1 Å². The van der Waals surface area contributed by atoms with E-state index in [-0.39, 0.29) is 0 Å². The van der Waals surface area contributed by atoms with E-state index in [2.05, 4.69) is 180 Å². The van der Waals surface area contributed by atoms with E-state index < -0.39 is 20.7 Å². The zero-order chi connectivity index (χ0) is 39.5. The standard InChI is InChI=1S/C56H33NO2S/c58-60(59)52-28-14-12-26-49(52)56(45-23-9-3-17-37(45)38-18-4-10-24-46(38)56)50-32-30-41-40-20-6-13-27-51(40)57(53(41)54(50)60)34-29-31-48-42(33-34)39-19-5-11-25-47(39)55(48)43-21-7-1-15-35(43)36-16-2-8-22-44(36)55/h1-33H. The molecule has 0 radical (unpaired) electrons. The second kappa shape index (κ2) is 11.1. The largest absolute Gasteiger partial charge is 0.308 e. The molecule has 10 aromatic rings. The highest BCUT2D eigenvalue weighted by Gasteiger charge is 2.55. The molecule has 3 nitrogen and oxygen atoms in total. The minimum Gasteiger partial charge on any atom is -0.308 e. The van der Waals surface area contributed by atoms with Crippen molar-refractivity contribution in [2.45, 2.75) is 20.6 Å². The van der Waals surface area contributed by atoms with Gasteiger partial charge in [-0.05, 0) is 102 Å². The van der Waals surface area contributed by atoms with Gasteiger partial charge < -0.3 is 4.57 Å². The molecule has 2 heterocycles. The maximum absolute atomic E-state index is 15.7. The van der Waals surface area contributed by atoms with E-state index in [0.29, 0.717) is 15.3 Å². The van der Waals surface area contributed by atoms with Gasteiger partial charge in [0.15, 0.2) is 0 Å². The third-order valence-corrected chi connectivity index (χ3v) is 16.1. The van der Waals surface area contributed by atoms with Crippen LogP contribution < -0.4 is 0 Å². The van der Waals surface area contributed by atoms with Gasteiger partial charge in [0.1, 0.15) is 4.90 Å². The molecule has 0 saturated carbocycles. The Balaban J connectivity index is 1.12. The molecule has 9 aromatic carbocycles. The smallest absolute Gasteiger partial charge is 0.209 e. The molecule has 14 rings (SSSR count). The highest BCUT2D eigenvalue weighted by atomic mass is 32.2. The van der Waals surface area contributed by atoms with E-state index in [0.717, 1.165) is 60.9 Å². The van der Waals surface area contributed by atoms with E-state index in [1.54, 1.807) is 0 Å². The minimum absolute atomic E-state index is 0.358. The highest BCUT2D eigenvalue weighted by Crippen LogP contribution is 2.64. The van der Waals surface area contributed by atoms with E-state index >= 15 is 8.42 Å². The lowest BCUT2D eigenvalue weighted by Gasteiger charge is -2.40. The Morgan fingerprint density at radius 1 is 0.350 bits per heavy atom. The third-order valence-electron chi connectivity index (χ3n) is 14.2. The van der Waals surface area contributed by atoms with Gasteiger partial charge >= 0.3 is 0 Å². The zero-order valence-electron chi connectivity index (χ0n) is 32.2. The first-order chi connectivity index (χ1) is 29.6. The first-order valence-corrected chi connectivity index (χ1v) is 22.1. The number of sulfone groups is 1. The summed E-state index contributed by atoms with van der Waals surface area (Å²) in [5.74, 6) is 0. The fraction of sp³-hybridized carbons (Fsp3) is 0.0357. The van der Waals surface area contributed by atoms with Gasteiger partial charge in [0.2, 0.25) is 9.84 Å². The average Bonchev–Trinajstić information content (AvgIpc) is 3.99. The Kier molecular flexibility index (Phi) is 6.02. The summed E-state index contributed by atoms with van der Waals surface area (Å²) in [7, 11) is -4.04. The fourth-order valence-electron chi connectivity index (χ4n) is 12.2. The average molecular weight is 784 g/mol. The molecular weight excluding hydrogens is 751 g/mol. The lowest BCUT2D eigenvalue weighted by Crippen LogP contribution is -2.36. The van der Waals surface area contributed by atoms with Gasteiger partial charge in [-0.3, -0.25) is 0 Å². The van der Waals surface area contributed by atoms with Gasteiger partial charge in [-0.1, -0.05) is 176 Å². The van der Waals surface area contributed by atoms with Crippen molar-refractivity contribution in [1.29, 1.82) is 0 Å². The molecule has 2 spiro atoms. The Labute approximate surface area is 347 Å². The summed E-state index contributed by atoms with van der Waals surface area (Å²) in [6.07, 6.45) is 0. The van der Waals surface area contributed by atoms with Gasteiger partial charge in [0.25, 0.3) is 0 Å². The maximum Gasteiger partial charge on any atom is 0.209 e. The molecule has 0 N–H and O–H groups in total. The predicted octanol–water partition coefficient (Wildman–Crippen LogP) is 12.6. The number of hydrogen-bond acceptors (Lipinski definition) is 2. The first kappa shape index (κ1) is 32.7. The van der Waals surface area contributed by atoms with Crippen LogP contribution >= 0.6 is 0 Å². The van der Waals surface area contributed by atoms with E-state index in [9.17, 15) is 0 Å². The third kappa shape index (κ3) is 3.56. The van der Waals surface area contributed by atoms with Crippen molar-refractivity contribution >= 4 is 31.6 Å². The number of benzene rings is 9. The molecule has 0 bridgehead atoms. The number of hydrogen-bond donors (Lipinski definition) is 0. The molecule has 0 fully saturated rings. The van der Waals surface area contributed by atoms with Crippen LogP contribution in [0.3, 0.4) is 0 Å². The Morgan fingerprint density at radius 3 is 1.33 bits per heavy atom. The molecule has 0 atom stereocenters. The van der Waals surface area contributed by atoms with E-state index in [4.69, 9.17) is 0 Å². The Hall–Kier alpha value is -7.27. The van der Waals surface area contributed by atoms with Crippen molar-refractivity contribution in [3.63, 3.8) is 0 Å². The second-order valence-corrected chi connectivity index (χ2v) is 18.5. The second-order valence-electron chi connectivity index (χ2n) is 16.6. The van der Waals surface area contributed by atoms with Gasteiger partial charge in [-0.25, -0.2) is 8.42 Å². The Morgan fingerprint density at radius 2 is 0.767 bits per heavy atom. The molecule has 0 saturated heterocycles. The molecule has 1 aliphatic heterocycles. The van der Waals surface area contributed by atoms with Crippen LogP contribution in [-0.4, -0.2) is 13.0 Å². The normalized spacial score (nSPS) is 15.9. The van der Waals surface area contributed by atoms with Crippen LogP contribution in [0.4, 0.5) is 0 Å². The van der Waals surface area contributed by atoms with Crippen molar-refractivity contribution in [3.05, 3.63) is 245 Å². The summed E-state index contributed by atoms with van der Waals surface area (Å²) in [5, 5.41) is 1.93. The fourth-order valence-corrected chi connectivity index (χ4v) is 14.1. The van der Waals surface area contributed by atoms with Crippen LogP contribution in [0.25, 0.3) is 60.9 Å². The van der Waals surface area contributed by atoms with Crippen molar-refractivity contribution in [2.75, 3.05) is 0 Å². The quantitative estimate of drug-likeness (QED) is 0.166.